The molecular weight excluding hydrogens is 198 g/mol. The molecule has 0 bridgehead atoms. The van der Waals surface area contributed by atoms with E-state index in [1.165, 1.54) is 0 Å². The first-order chi connectivity index (χ1) is 7.11. The summed E-state index contributed by atoms with van der Waals surface area (Å²) in [6.45, 7) is 0. The Kier molecular flexibility index (Phi) is 2.22. The van der Waals surface area contributed by atoms with Crippen molar-refractivity contribution in [2.24, 2.45) is 0 Å². The topological polar surface area (TPSA) is 90.4 Å². The molecule has 5 nitrogen and oxygen atoms in total. The Hall–Kier alpha value is -1.78. The smallest absolute Gasteiger partial charge is 0.352 e. The van der Waals surface area contributed by atoms with E-state index in [4.69, 9.17) is 10.2 Å². The number of nitrogens with one attached hydrogen (secondary N) is 1. The minimum absolute atomic E-state index is 0.0436. The van der Waals surface area contributed by atoms with E-state index < -0.39 is 11.9 Å². The van der Waals surface area contributed by atoms with Crippen LogP contribution in [0.1, 0.15) is 44.9 Å². The van der Waals surface area contributed by atoms with Crippen molar-refractivity contribution < 1.29 is 19.8 Å². The summed E-state index contributed by atoms with van der Waals surface area (Å²) in [4.78, 5) is 24.3. The normalized spacial score (nSPS) is 14.7. The van der Waals surface area contributed by atoms with Crippen LogP contribution in [-0.4, -0.2) is 27.1 Å². The van der Waals surface area contributed by atoms with E-state index in [1.807, 2.05) is 0 Å². The summed E-state index contributed by atoms with van der Waals surface area (Å²) in [6.07, 6.45) is 3.15. The van der Waals surface area contributed by atoms with Crippen LogP contribution >= 0.6 is 0 Å². The molecule has 80 valence electrons. The van der Waals surface area contributed by atoms with Crippen LogP contribution in [0.2, 0.25) is 0 Å². The van der Waals surface area contributed by atoms with Gasteiger partial charge in [-0.3, -0.25) is 0 Å². The van der Waals surface area contributed by atoms with E-state index in [2.05, 4.69) is 4.98 Å². The molecule has 1 aromatic heterocycles. The Balaban J connectivity index is 2.59. The van der Waals surface area contributed by atoms with Crippen LogP contribution in [-0.2, 0) is 12.8 Å². The third-order valence-corrected chi connectivity index (χ3v) is 2.75. The van der Waals surface area contributed by atoms with Crippen molar-refractivity contribution in [3.63, 3.8) is 0 Å². The average molecular weight is 209 g/mol. The van der Waals surface area contributed by atoms with Crippen LogP contribution in [0.4, 0.5) is 0 Å². The Labute approximate surface area is 85.7 Å². The summed E-state index contributed by atoms with van der Waals surface area (Å²) < 4.78 is 0. The molecule has 1 aliphatic carbocycles. The van der Waals surface area contributed by atoms with Crippen molar-refractivity contribution in [3.8, 4) is 0 Å². The van der Waals surface area contributed by atoms with Gasteiger partial charge < -0.3 is 15.2 Å². The molecule has 1 aromatic rings. The number of H-pyrrole nitrogens is 1. The van der Waals surface area contributed by atoms with E-state index >= 15 is 0 Å². The summed E-state index contributed by atoms with van der Waals surface area (Å²) in [5.41, 5.74) is 1.43. The fraction of sp³-hybridized carbons (Fsp3) is 0.400. The first-order valence-corrected chi connectivity index (χ1v) is 4.81. The van der Waals surface area contributed by atoms with E-state index in [0.717, 1.165) is 12.8 Å². The van der Waals surface area contributed by atoms with Crippen molar-refractivity contribution in [2.45, 2.75) is 25.7 Å². The van der Waals surface area contributed by atoms with Crippen molar-refractivity contribution in [1.29, 1.82) is 0 Å². The molecule has 0 fully saturated rings. The molecule has 0 unspecified atom stereocenters. The van der Waals surface area contributed by atoms with Gasteiger partial charge in [0.15, 0.2) is 0 Å². The SMILES string of the molecule is O=C(O)c1[nH]c(C(=O)O)c2c1CCCC2. The van der Waals surface area contributed by atoms with Crippen LogP contribution < -0.4 is 0 Å². The highest BCUT2D eigenvalue weighted by Crippen LogP contribution is 2.27. The fourth-order valence-electron chi connectivity index (χ4n) is 2.10. The van der Waals surface area contributed by atoms with Gasteiger partial charge in [0.2, 0.25) is 0 Å². The molecule has 0 aliphatic heterocycles. The zero-order chi connectivity index (χ0) is 11.0. The Morgan fingerprint density at radius 2 is 1.33 bits per heavy atom. The van der Waals surface area contributed by atoms with Gasteiger partial charge in [-0.2, -0.15) is 0 Å². The Morgan fingerprint density at radius 1 is 0.933 bits per heavy atom. The van der Waals surface area contributed by atoms with Gasteiger partial charge in [0.25, 0.3) is 0 Å². The number of aromatic carboxylic acids is 2. The van der Waals surface area contributed by atoms with Crippen LogP contribution in [0.15, 0.2) is 0 Å². The van der Waals surface area contributed by atoms with Crippen LogP contribution in [0, 0.1) is 0 Å². The average Bonchev–Trinajstić information content (AvgIpc) is 2.56. The number of carboxylic acid groups (broad SMARTS) is 2. The highest BCUT2D eigenvalue weighted by Gasteiger charge is 2.26. The van der Waals surface area contributed by atoms with Gasteiger partial charge in [0, 0.05) is 0 Å². The Morgan fingerprint density at radius 3 is 1.67 bits per heavy atom. The van der Waals surface area contributed by atoms with Gasteiger partial charge in [-0.05, 0) is 36.8 Å². The standard InChI is InChI=1S/C10H11NO4/c12-9(13)7-5-3-1-2-4-6(5)8(11-7)10(14)15/h11H,1-4H2,(H,12,13)(H,14,15). The number of rotatable bonds is 2. The molecule has 1 aliphatic rings. The quantitative estimate of drug-likeness (QED) is 0.684. The van der Waals surface area contributed by atoms with Crippen LogP contribution in [0.3, 0.4) is 0 Å². The third-order valence-electron chi connectivity index (χ3n) is 2.75. The number of aromatic amines is 1. The second-order valence-electron chi connectivity index (χ2n) is 3.65. The number of aromatic nitrogens is 1. The molecule has 0 aromatic carbocycles. The molecule has 5 heteroatoms. The van der Waals surface area contributed by atoms with E-state index in [9.17, 15) is 9.59 Å². The highest BCUT2D eigenvalue weighted by atomic mass is 16.4. The van der Waals surface area contributed by atoms with Crippen molar-refractivity contribution >= 4 is 11.9 Å². The molecule has 15 heavy (non-hydrogen) atoms. The van der Waals surface area contributed by atoms with Crippen LogP contribution in [0.5, 0.6) is 0 Å². The largest absolute Gasteiger partial charge is 0.477 e. The first kappa shape index (κ1) is 9.76. The monoisotopic (exact) mass is 209 g/mol. The van der Waals surface area contributed by atoms with Gasteiger partial charge in [0.1, 0.15) is 11.4 Å². The molecule has 1 heterocycles. The summed E-state index contributed by atoms with van der Waals surface area (Å²) in [7, 11) is 0. The summed E-state index contributed by atoms with van der Waals surface area (Å²) in [6, 6.07) is 0. The highest BCUT2D eigenvalue weighted by molar-refractivity contribution is 5.94. The van der Waals surface area contributed by atoms with Gasteiger partial charge in [-0.1, -0.05) is 0 Å². The Bertz CT molecular complexity index is 394. The summed E-state index contributed by atoms with van der Waals surface area (Å²) in [5, 5.41) is 17.8. The number of hydrogen-bond donors (Lipinski definition) is 3. The van der Waals surface area contributed by atoms with E-state index in [0.29, 0.717) is 24.0 Å². The summed E-state index contributed by atoms with van der Waals surface area (Å²) in [5.74, 6) is -2.17. The lowest BCUT2D eigenvalue weighted by Gasteiger charge is -2.11. The van der Waals surface area contributed by atoms with Crippen molar-refractivity contribution in [1.82, 2.24) is 4.98 Å². The number of carboxylic acids is 2. The number of hydrogen-bond acceptors (Lipinski definition) is 2. The maximum Gasteiger partial charge on any atom is 0.352 e. The molecule has 0 radical (unpaired) electrons. The molecule has 0 saturated carbocycles. The van der Waals surface area contributed by atoms with Gasteiger partial charge in [-0.25, -0.2) is 9.59 Å². The van der Waals surface area contributed by atoms with Gasteiger partial charge >= 0.3 is 11.9 Å². The van der Waals surface area contributed by atoms with E-state index in [-0.39, 0.29) is 11.4 Å². The maximum atomic E-state index is 10.9. The van der Waals surface area contributed by atoms with E-state index in [1.54, 1.807) is 0 Å². The predicted octanol–water partition coefficient (Wildman–Crippen LogP) is 1.29. The molecule has 0 spiro atoms. The lowest BCUT2D eigenvalue weighted by molar-refractivity contribution is 0.0688. The molecule has 0 amide bonds. The number of carbonyl (C=O) groups is 2. The van der Waals surface area contributed by atoms with Gasteiger partial charge in [-0.15, -0.1) is 0 Å². The molecular formula is C10H11NO4. The second kappa shape index (κ2) is 3.42. The molecule has 2 rings (SSSR count). The summed E-state index contributed by atoms with van der Waals surface area (Å²) >= 11 is 0. The van der Waals surface area contributed by atoms with Crippen LogP contribution in [0.25, 0.3) is 0 Å². The molecule has 3 N–H and O–H groups in total. The third kappa shape index (κ3) is 1.49. The minimum Gasteiger partial charge on any atom is -0.477 e. The predicted molar refractivity (Wildman–Crippen MR) is 51.4 cm³/mol. The second-order valence-corrected chi connectivity index (χ2v) is 3.65. The van der Waals surface area contributed by atoms with Crippen molar-refractivity contribution in [2.75, 3.05) is 0 Å². The molecule has 0 saturated heterocycles. The number of fused-ring (bicyclic) bond motifs is 1. The zero-order valence-corrected chi connectivity index (χ0v) is 8.04. The maximum absolute atomic E-state index is 10.9. The molecule has 0 atom stereocenters. The minimum atomic E-state index is -1.08. The van der Waals surface area contributed by atoms with Gasteiger partial charge in [0.05, 0.1) is 0 Å². The van der Waals surface area contributed by atoms with Crippen molar-refractivity contribution in [3.05, 3.63) is 22.5 Å². The lowest BCUT2D eigenvalue weighted by atomic mass is 9.92. The fourth-order valence-corrected chi connectivity index (χ4v) is 2.10. The first-order valence-electron chi connectivity index (χ1n) is 4.81. The lowest BCUT2D eigenvalue weighted by Crippen LogP contribution is -2.07. The zero-order valence-electron chi connectivity index (χ0n) is 8.04.